The molecule has 0 aliphatic rings. The van der Waals surface area contributed by atoms with Gasteiger partial charge in [-0.3, -0.25) is 4.98 Å². The van der Waals surface area contributed by atoms with Crippen LogP contribution in [0.1, 0.15) is 5.56 Å². The first-order chi connectivity index (χ1) is 9.84. The Morgan fingerprint density at radius 2 is 1.70 bits per heavy atom. The zero-order chi connectivity index (χ0) is 13.5. The summed E-state index contributed by atoms with van der Waals surface area (Å²) < 4.78 is 2.27. The largest absolute Gasteiger partial charge is 0.308 e. The molecule has 0 atom stereocenters. The standard InChI is InChI=1S/C18H14N2/c1-13-7-8-17-16(11-13)15-9-10-19-12-18(15)20(17)14-5-3-2-4-6-14/h2-12H,1H3. The summed E-state index contributed by atoms with van der Waals surface area (Å²) in [5.41, 5.74) is 4.83. The zero-order valence-electron chi connectivity index (χ0n) is 11.2. The molecule has 0 saturated heterocycles. The zero-order valence-corrected chi connectivity index (χ0v) is 11.2. The van der Waals surface area contributed by atoms with Crippen molar-refractivity contribution in [1.82, 2.24) is 9.55 Å². The van der Waals surface area contributed by atoms with E-state index in [-0.39, 0.29) is 0 Å². The van der Waals surface area contributed by atoms with Gasteiger partial charge in [-0.05, 0) is 37.3 Å². The van der Waals surface area contributed by atoms with Crippen LogP contribution in [0.2, 0.25) is 0 Å². The van der Waals surface area contributed by atoms with Crippen LogP contribution in [0.15, 0.2) is 67.0 Å². The first-order valence-electron chi connectivity index (χ1n) is 6.75. The average Bonchev–Trinajstić information content (AvgIpc) is 2.82. The van der Waals surface area contributed by atoms with Gasteiger partial charge in [0.15, 0.2) is 0 Å². The number of aryl methyl sites for hydroxylation is 1. The number of rotatable bonds is 1. The molecule has 4 rings (SSSR count). The normalized spacial score (nSPS) is 11.2. The predicted octanol–water partition coefficient (Wildman–Crippen LogP) is 4.49. The smallest absolute Gasteiger partial charge is 0.0724 e. The fourth-order valence-corrected chi connectivity index (χ4v) is 2.84. The summed E-state index contributed by atoms with van der Waals surface area (Å²) in [6, 6.07) is 19.1. The van der Waals surface area contributed by atoms with Crippen molar-refractivity contribution >= 4 is 21.8 Å². The highest BCUT2D eigenvalue weighted by Crippen LogP contribution is 2.31. The van der Waals surface area contributed by atoms with E-state index in [4.69, 9.17) is 0 Å². The number of aromatic nitrogens is 2. The van der Waals surface area contributed by atoms with Crippen molar-refractivity contribution in [2.24, 2.45) is 0 Å². The molecule has 0 aliphatic carbocycles. The second-order valence-corrected chi connectivity index (χ2v) is 5.08. The van der Waals surface area contributed by atoms with Gasteiger partial charge in [0.05, 0.1) is 17.2 Å². The van der Waals surface area contributed by atoms with Gasteiger partial charge in [-0.1, -0.05) is 29.8 Å². The van der Waals surface area contributed by atoms with E-state index in [0.717, 1.165) is 5.52 Å². The van der Waals surface area contributed by atoms with Crippen molar-refractivity contribution in [2.45, 2.75) is 6.92 Å². The minimum absolute atomic E-state index is 1.15. The molecule has 0 N–H and O–H groups in total. The topological polar surface area (TPSA) is 17.8 Å². The number of pyridine rings is 1. The molecule has 0 radical (unpaired) electrons. The van der Waals surface area contributed by atoms with Crippen LogP contribution in [0.5, 0.6) is 0 Å². The number of nitrogens with zero attached hydrogens (tertiary/aromatic N) is 2. The first-order valence-corrected chi connectivity index (χ1v) is 6.75. The second-order valence-electron chi connectivity index (χ2n) is 5.08. The quantitative estimate of drug-likeness (QED) is 0.492. The molecule has 2 heterocycles. The number of benzene rings is 2. The molecule has 0 saturated carbocycles. The molecular weight excluding hydrogens is 244 g/mol. The van der Waals surface area contributed by atoms with E-state index < -0.39 is 0 Å². The lowest BCUT2D eigenvalue weighted by Crippen LogP contribution is -1.93. The van der Waals surface area contributed by atoms with Crippen LogP contribution in [-0.4, -0.2) is 9.55 Å². The van der Waals surface area contributed by atoms with E-state index in [2.05, 4.69) is 65.0 Å². The fourth-order valence-electron chi connectivity index (χ4n) is 2.84. The van der Waals surface area contributed by atoms with E-state index in [1.807, 2.05) is 18.5 Å². The van der Waals surface area contributed by atoms with Gasteiger partial charge in [-0.25, -0.2) is 0 Å². The highest BCUT2D eigenvalue weighted by atomic mass is 15.0. The molecule has 2 aromatic heterocycles. The minimum Gasteiger partial charge on any atom is -0.308 e. The highest BCUT2D eigenvalue weighted by molar-refractivity contribution is 6.09. The highest BCUT2D eigenvalue weighted by Gasteiger charge is 2.11. The van der Waals surface area contributed by atoms with Crippen LogP contribution in [0, 0.1) is 6.92 Å². The third kappa shape index (κ3) is 1.55. The van der Waals surface area contributed by atoms with E-state index in [1.165, 1.54) is 27.5 Å². The Balaban J connectivity index is 2.22. The van der Waals surface area contributed by atoms with Crippen LogP contribution in [0.4, 0.5) is 0 Å². The van der Waals surface area contributed by atoms with Crippen molar-refractivity contribution in [2.75, 3.05) is 0 Å². The van der Waals surface area contributed by atoms with Crippen molar-refractivity contribution in [3.63, 3.8) is 0 Å². The van der Waals surface area contributed by atoms with Crippen LogP contribution < -0.4 is 0 Å². The lowest BCUT2D eigenvalue weighted by atomic mass is 10.1. The third-order valence-electron chi connectivity index (χ3n) is 3.74. The molecule has 0 bridgehead atoms. The molecule has 0 unspecified atom stereocenters. The predicted molar refractivity (Wildman–Crippen MR) is 83.3 cm³/mol. The van der Waals surface area contributed by atoms with Gasteiger partial charge in [0.25, 0.3) is 0 Å². The van der Waals surface area contributed by atoms with Gasteiger partial charge < -0.3 is 4.57 Å². The van der Waals surface area contributed by atoms with Crippen molar-refractivity contribution < 1.29 is 0 Å². The Bertz CT molecular complexity index is 905. The van der Waals surface area contributed by atoms with Crippen LogP contribution in [0.25, 0.3) is 27.5 Å². The monoisotopic (exact) mass is 258 g/mol. The van der Waals surface area contributed by atoms with E-state index >= 15 is 0 Å². The summed E-state index contributed by atoms with van der Waals surface area (Å²) in [7, 11) is 0. The second kappa shape index (κ2) is 4.20. The molecule has 2 nitrogen and oxygen atoms in total. The summed E-state index contributed by atoms with van der Waals surface area (Å²) >= 11 is 0. The minimum atomic E-state index is 1.15. The van der Waals surface area contributed by atoms with Gasteiger partial charge in [0, 0.05) is 22.7 Å². The lowest BCUT2D eigenvalue weighted by Gasteiger charge is -2.06. The molecular formula is C18H14N2. The Kier molecular flexibility index (Phi) is 2.36. The van der Waals surface area contributed by atoms with E-state index in [9.17, 15) is 0 Å². The molecule has 2 heteroatoms. The Morgan fingerprint density at radius 1 is 0.850 bits per heavy atom. The number of hydrogen-bond donors (Lipinski definition) is 0. The molecule has 2 aromatic carbocycles. The Labute approximate surface area is 117 Å². The summed E-state index contributed by atoms with van der Waals surface area (Å²) in [6.07, 6.45) is 3.80. The van der Waals surface area contributed by atoms with Gasteiger partial charge in [0.2, 0.25) is 0 Å². The van der Waals surface area contributed by atoms with Crippen LogP contribution in [0.3, 0.4) is 0 Å². The van der Waals surface area contributed by atoms with E-state index in [0.29, 0.717) is 0 Å². The third-order valence-corrected chi connectivity index (χ3v) is 3.74. The Morgan fingerprint density at radius 3 is 2.55 bits per heavy atom. The Hall–Kier alpha value is -2.61. The summed E-state index contributed by atoms with van der Waals surface area (Å²) in [6.45, 7) is 2.13. The molecule has 0 aliphatic heterocycles. The van der Waals surface area contributed by atoms with E-state index in [1.54, 1.807) is 0 Å². The molecule has 0 spiro atoms. The van der Waals surface area contributed by atoms with Crippen molar-refractivity contribution in [3.05, 3.63) is 72.6 Å². The van der Waals surface area contributed by atoms with Gasteiger partial charge >= 0.3 is 0 Å². The number of hydrogen-bond acceptors (Lipinski definition) is 1. The van der Waals surface area contributed by atoms with Gasteiger partial charge in [-0.2, -0.15) is 0 Å². The molecule has 0 fully saturated rings. The lowest BCUT2D eigenvalue weighted by molar-refractivity contribution is 1.16. The maximum atomic E-state index is 4.30. The van der Waals surface area contributed by atoms with Gasteiger partial charge in [0.1, 0.15) is 0 Å². The fraction of sp³-hybridized carbons (Fsp3) is 0.0556. The molecule has 0 amide bonds. The number of fused-ring (bicyclic) bond motifs is 3. The van der Waals surface area contributed by atoms with Crippen LogP contribution >= 0.6 is 0 Å². The first kappa shape index (κ1) is 11.2. The average molecular weight is 258 g/mol. The SMILES string of the molecule is Cc1ccc2c(c1)c1ccncc1n2-c1ccccc1. The number of para-hydroxylation sites is 1. The van der Waals surface area contributed by atoms with Crippen molar-refractivity contribution in [3.8, 4) is 5.69 Å². The van der Waals surface area contributed by atoms with Crippen LogP contribution in [-0.2, 0) is 0 Å². The summed E-state index contributed by atoms with van der Waals surface area (Å²) in [5, 5.41) is 2.54. The summed E-state index contributed by atoms with van der Waals surface area (Å²) in [5.74, 6) is 0. The maximum Gasteiger partial charge on any atom is 0.0724 e. The van der Waals surface area contributed by atoms with Crippen molar-refractivity contribution in [1.29, 1.82) is 0 Å². The molecule has 4 aromatic rings. The maximum absolute atomic E-state index is 4.30. The molecule has 20 heavy (non-hydrogen) atoms. The molecule has 96 valence electrons. The van der Waals surface area contributed by atoms with Gasteiger partial charge in [-0.15, -0.1) is 0 Å². The summed E-state index contributed by atoms with van der Waals surface area (Å²) in [4.78, 5) is 4.30.